The fourth-order valence-electron chi connectivity index (χ4n) is 3.13. The fourth-order valence-corrected chi connectivity index (χ4v) is 3.13. The highest BCUT2D eigenvalue weighted by molar-refractivity contribution is 5.77. The van der Waals surface area contributed by atoms with Gasteiger partial charge >= 0.3 is 0 Å². The molecule has 2 heterocycles. The van der Waals surface area contributed by atoms with Gasteiger partial charge in [0.15, 0.2) is 0 Å². The molecule has 0 atom stereocenters. The van der Waals surface area contributed by atoms with Gasteiger partial charge in [0.2, 0.25) is 5.91 Å². The van der Waals surface area contributed by atoms with Crippen LogP contribution >= 0.6 is 0 Å². The number of H-pyrrole nitrogens is 1. The molecule has 0 bridgehead atoms. The van der Waals surface area contributed by atoms with E-state index in [1.807, 2.05) is 23.1 Å². The predicted molar refractivity (Wildman–Crippen MR) is 88.7 cm³/mol. The summed E-state index contributed by atoms with van der Waals surface area (Å²) in [4.78, 5) is 22.5. The number of nitrogens with one attached hydrogen (secondary N) is 1. The number of aromatic amines is 1. The third-order valence-electron chi connectivity index (χ3n) is 4.32. The van der Waals surface area contributed by atoms with Crippen LogP contribution in [0.5, 0.6) is 0 Å². The zero-order valence-corrected chi connectivity index (χ0v) is 13.7. The number of para-hydroxylation sites is 2. The third-order valence-corrected chi connectivity index (χ3v) is 4.32. The number of rotatable bonds is 2. The molecule has 1 aromatic heterocycles. The number of amides is 1. The zero-order chi connectivity index (χ0) is 15.7. The second-order valence-corrected chi connectivity index (χ2v) is 7.53. The van der Waals surface area contributed by atoms with E-state index in [1.165, 1.54) is 0 Å². The Bertz CT molecular complexity index is 627. The number of imidazole rings is 1. The lowest BCUT2D eigenvalue weighted by molar-refractivity contribution is -0.134. The molecule has 0 spiro atoms. The minimum atomic E-state index is 0.0622. The van der Waals surface area contributed by atoms with Crippen molar-refractivity contribution in [3.05, 3.63) is 30.1 Å². The molecule has 0 aliphatic carbocycles. The Hall–Kier alpha value is -1.84. The quantitative estimate of drug-likeness (QED) is 0.919. The summed E-state index contributed by atoms with van der Waals surface area (Å²) in [5, 5.41) is 0. The first kappa shape index (κ1) is 15.1. The average molecular weight is 299 g/mol. The summed E-state index contributed by atoms with van der Waals surface area (Å²) in [5.74, 6) is 1.80. The van der Waals surface area contributed by atoms with Gasteiger partial charge in [0.05, 0.1) is 11.0 Å². The highest BCUT2D eigenvalue weighted by Gasteiger charge is 2.27. The van der Waals surface area contributed by atoms with Gasteiger partial charge in [-0.15, -0.1) is 0 Å². The predicted octanol–water partition coefficient (Wildman–Crippen LogP) is 3.71. The lowest BCUT2D eigenvalue weighted by Gasteiger charge is -2.33. The number of piperidine rings is 1. The van der Waals surface area contributed by atoms with Crippen molar-refractivity contribution in [2.45, 2.75) is 46.0 Å². The number of carbonyl (C=O) groups is 1. The summed E-state index contributed by atoms with van der Waals surface area (Å²) in [6, 6.07) is 8.14. The molecular weight excluding hydrogens is 274 g/mol. The smallest absolute Gasteiger partial charge is 0.223 e. The number of likely N-dealkylation sites (tertiary alicyclic amines) is 1. The van der Waals surface area contributed by atoms with E-state index >= 15 is 0 Å². The van der Waals surface area contributed by atoms with E-state index in [9.17, 15) is 4.79 Å². The molecule has 1 fully saturated rings. The first-order chi connectivity index (χ1) is 10.4. The van der Waals surface area contributed by atoms with Crippen LogP contribution in [0.4, 0.5) is 0 Å². The number of hydrogen-bond acceptors (Lipinski definition) is 2. The van der Waals surface area contributed by atoms with Crippen molar-refractivity contribution in [3.8, 4) is 0 Å². The lowest BCUT2D eigenvalue weighted by atomic mass is 9.90. The molecule has 4 nitrogen and oxygen atoms in total. The van der Waals surface area contributed by atoms with Crippen LogP contribution in [0.3, 0.4) is 0 Å². The maximum Gasteiger partial charge on any atom is 0.223 e. The molecule has 22 heavy (non-hydrogen) atoms. The zero-order valence-electron chi connectivity index (χ0n) is 13.7. The van der Waals surface area contributed by atoms with Gasteiger partial charge in [0.25, 0.3) is 0 Å². The van der Waals surface area contributed by atoms with Crippen LogP contribution < -0.4 is 0 Å². The van der Waals surface area contributed by atoms with Gasteiger partial charge in [-0.3, -0.25) is 4.79 Å². The molecule has 1 aliphatic rings. The molecule has 1 saturated heterocycles. The second-order valence-electron chi connectivity index (χ2n) is 7.53. The molecule has 3 rings (SSSR count). The van der Waals surface area contributed by atoms with E-state index < -0.39 is 0 Å². The molecule has 118 valence electrons. The van der Waals surface area contributed by atoms with Crippen LogP contribution in [0.25, 0.3) is 11.0 Å². The summed E-state index contributed by atoms with van der Waals surface area (Å²) < 4.78 is 0. The van der Waals surface area contributed by atoms with E-state index in [0.717, 1.165) is 42.8 Å². The lowest BCUT2D eigenvalue weighted by Crippen LogP contribution is -2.39. The van der Waals surface area contributed by atoms with Crippen molar-refractivity contribution in [1.29, 1.82) is 0 Å². The normalized spacial score (nSPS) is 17.1. The minimum absolute atomic E-state index is 0.0622. The maximum absolute atomic E-state index is 12.3. The number of fused-ring (bicyclic) bond motifs is 1. The Balaban J connectivity index is 1.63. The number of aromatic nitrogens is 2. The van der Waals surface area contributed by atoms with Crippen molar-refractivity contribution in [2.75, 3.05) is 13.1 Å². The van der Waals surface area contributed by atoms with Crippen LogP contribution in [0.15, 0.2) is 24.3 Å². The standard InChI is InChI=1S/C18H25N3O/c1-18(2,3)12-16(22)21-10-8-13(9-11-21)17-19-14-6-4-5-7-15(14)20-17/h4-7,13H,8-12H2,1-3H3,(H,19,20). The van der Waals surface area contributed by atoms with E-state index in [4.69, 9.17) is 4.98 Å². The average Bonchev–Trinajstić information content (AvgIpc) is 2.89. The number of nitrogens with zero attached hydrogens (tertiary/aromatic N) is 2. The van der Waals surface area contributed by atoms with Crippen LogP contribution in [-0.2, 0) is 4.79 Å². The molecule has 1 aromatic carbocycles. The van der Waals surface area contributed by atoms with Gasteiger partial charge in [-0.1, -0.05) is 32.9 Å². The summed E-state index contributed by atoms with van der Waals surface area (Å²) in [6.45, 7) is 8.04. The first-order valence-corrected chi connectivity index (χ1v) is 8.15. The Labute approximate surface area is 131 Å². The van der Waals surface area contributed by atoms with Crippen molar-refractivity contribution < 1.29 is 4.79 Å². The Morgan fingerprint density at radius 2 is 1.95 bits per heavy atom. The summed E-state index contributed by atoms with van der Waals surface area (Å²) in [7, 11) is 0. The summed E-state index contributed by atoms with van der Waals surface area (Å²) >= 11 is 0. The van der Waals surface area contributed by atoms with E-state index in [2.05, 4.69) is 31.8 Å². The van der Waals surface area contributed by atoms with E-state index in [-0.39, 0.29) is 11.3 Å². The van der Waals surface area contributed by atoms with E-state index in [0.29, 0.717) is 12.3 Å². The largest absolute Gasteiger partial charge is 0.343 e. The van der Waals surface area contributed by atoms with Crippen LogP contribution in [0, 0.1) is 5.41 Å². The SMILES string of the molecule is CC(C)(C)CC(=O)N1CCC(c2nc3ccccc3[nH]2)CC1. The Morgan fingerprint density at radius 1 is 1.27 bits per heavy atom. The van der Waals surface area contributed by atoms with Gasteiger partial charge in [-0.25, -0.2) is 4.98 Å². The van der Waals surface area contributed by atoms with Crippen molar-refractivity contribution >= 4 is 16.9 Å². The Morgan fingerprint density at radius 3 is 2.59 bits per heavy atom. The number of benzene rings is 1. The van der Waals surface area contributed by atoms with Gasteiger partial charge in [0.1, 0.15) is 5.82 Å². The van der Waals surface area contributed by atoms with Crippen LogP contribution in [0.1, 0.15) is 51.8 Å². The minimum Gasteiger partial charge on any atom is -0.343 e. The first-order valence-electron chi connectivity index (χ1n) is 8.15. The molecule has 1 N–H and O–H groups in total. The van der Waals surface area contributed by atoms with Crippen LogP contribution in [-0.4, -0.2) is 33.9 Å². The number of carbonyl (C=O) groups excluding carboxylic acids is 1. The monoisotopic (exact) mass is 299 g/mol. The Kier molecular flexibility index (Phi) is 3.94. The number of hydrogen-bond donors (Lipinski definition) is 1. The summed E-state index contributed by atoms with van der Waals surface area (Å²) in [5.41, 5.74) is 2.19. The molecule has 2 aromatic rings. The molecular formula is C18H25N3O. The van der Waals surface area contributed by atoms with Gasteiger partial charge in [-0.05, 0) is 30.4 Å². The van der Waals surface area contributed by atoms with Crippen molar-refractivity contribution in [1.82, 2.24) is 14.9 Å². The molecule has 4 heteroatoms. The highest BCUT2D eigenvalue weighted by Crippen LogP contribution is 2.29. The van der Waals surface area contributed by atoms with Crippen molar-refractivity contribution in [3.63, 3.8) is 0 Å². The highest BCUT2D eigenvalue weighted by atomic mass is 16.2. The van der Waals surface area contributed by atoms with E-state index in [1.54, 1.807) is 0 Å². The molecule has 0 radical (unpaired) electrons. The summed E-state index contributed by atoms with van der Waals surface area (Å²) in [6.07, 6.45) is 2.62. The molecule has 1 amide bonds. The van der Waals surface area contributed by atoms with Crippen molar-refractivity contribution in [2.24, 2.45) is 5.41 Å². The topological polar surface area (TPSA) is 49.0 Å². The molecule has 0 saturated carbocycles. The maximum atomic E-state index is 12.3. The van der Waals surface area contributed by atoms with Gasteiger partial charge < -0.3 is 9.88 Å². The second kappa shape index (κ2) is 5.75. The fraction of sp³-hybridized carbons (Fsp3) is 0.556. The molecule has 1 aliphatic heterocycles. The molecule has 0 unspecified atom stereocenters. The van der Waals surface area contributed by atoms with Gasteiger partial charge in [-0.2, -0.15) is 0 Å². The van der Waals surface area contributed by atoms with Crippen LogP contribution in [0.2, 0.25) is 0 Å². The third kappa shape index (κ3) is 3.32. The van der Waals surface area contributed by atoms with Gasteiger partial charge in [0, 0.05) is 25.4 Å².